The zero-order valence-corrected chi connectivity index (χ0v) is 16.8. The molecule has 0 radical (unpaired) electrons. The Morgan fingerprint density at radius 2 is 2.17 bits per heavy atom. The molecule has 30 heavy (non-hydrogen) atoms. The van der Waals surface area contributed by atoms with Crippen LogP contribution in [0.5, 0.6) is 0 Å². The normalized spacial score (nSPS) is 16.8. The summed E-state index contributed by atoms with van der Waals surface area (Å²) in [6.07, 6.45) is 3.85. The third-order valence-electron chi connectivity index (χ3n) is 5.18. The molecule has 0 fully saturated rings. The van der Waals surface area contributed by atoms with Crippen LogP contribution in [0.25, 0.3) is 5.52 Å². The molecule has 0 aromatic carbocycles. The monoisotopic (exact) mass is 409 g/mol. The summed E-state index contributed by atoms with van der Waals surface area (Å²) in [6, 6.07) is 3.99. The van der Waals surface area contributed by atoms with E-state index in [0.29, 0.717) is 35.8 Å². The number of imidazole rings is 1. The SMILES string of the molecule is CC(C)(C)c1nnc(C(=O)N2CCc3[nH]cnc3[C@H]2c2cc3c(F)cccn3n2)o1. The number of nitrogens with zero attached hydrogens (tertiary/aromatic N) is 6. The molecule has 0 saturated heterocycles. The van der Waals surface area contributed by atoms with E-state index in [-0.39, 0.29) is 17.1 Å². The summed E-state index contributed by atoms with van der Waals surface area (Å²) in [4.78, 5) is 22.5. The Balaban J connectivity index is 1.59. The Morgan fingerprint density at radius 1 is 1.33 bits per heavy atom. The number of hydrogen-bond donors (Lipinski definition) is 1. The maximum Gasteiger partial charge on any atom is 0.312 e. The molecule has 1 amide bonds. The summed E-state index contributed by atoms with van der Waals surface area (Å²) in [5, 5.41) is 12.5. The Labute approximate surface area is 170 Å². The van der Waals surface area contributed by atoms with Crippen molar-refractivity contribution in [3.05, 3.63) is 65.4 Å². The lowest BCUT2D eigenvalue weighted by Crippen LogP contribution is -2.41. The highest BCUT2D eigenvalue weighted by Gasteiger charge is 2.38. The van der Waals surface area contributed by atoms with Crippen LogP contribution < -0.4 is 0 Å². The summed E-state index contributed by atoms with van der Waals surface area (Å²) in [5.41, 5.74) is 2.06. The molecular weight excluding hydrogens is 389 g/mol. The van der Waals surface area contributed by atoms with Crippen molar-refractivity contribution in [1.82, 2.24) is 34.7 Å². The Hall–Kier alpha value is -3.56. The van der Waals surface area contributed by atoms with E-state index in [1.807, 2.05) is 20.8 Å². The van der Waals surface area contributed by atoms with Crippen LogP contribution in [0.1, 0.15) is 60.5 Å². The third kappa shape index (κ3) is 2.87. The molecule has 1 aliphatic heterocycles. The maximum atomic E-state index is 14.2. The van der Waals surface area contributed by atoms with Gasteiger partial charge in [-0.1, -0.05) is 20.8 Å². The first-order chi connectivity index (χ1) is 14.3. The average molecular weight is 409 g/mol. The number of amides is 1. The number of aromatic nitrogens is 6. The van der Waals surface area contributed by atoms with Crippen molar-refractivity contribution in [3.63, 3.8) is 0 Å². The number of rotatable bonds is 2. The van der Waals surface area contributed by atoms with Crippen molar-refractivity contribution in [1.29, 1.82) is 0 Å². The maximum absolute atomic E-state index is 14.2. The minimum absolute atomic E-state index is 0.0844. The van der Waals surface area contributed by atoms with Gasteiger partial charge in [-0.25, -0.2) is 13.9 Å². The Kier molecular flexibility index (Phi) is 3.99. The molecule has 1 aliphatic rings. The number of fused-ring (bicyclic) bond motifs is 2. The lowest BCUT2D eigenvalue weighted by atomic mass is 9.97. The van der Waals surface area contributed by atoms with Gasteiger partial charge in [-0.05, 0) is 18.2 Å². The summed E-state index contributed by atoms with van der Waals surface area (Å²) in [7, 11) is 0. The van der Waals surface area contributed by atoms with E-state index in [9.17, 15) is 9.18 Å². The summed E-state index contributed by atoms with van der Waals surface area (Å²) in [6.45, 7) is 6.20. The summed E-state index contributed by atoms with van der Waals surface area (Å²) in [5.74, 6) is -0.499. The number of halogens is 1. The van der Waals surface area contributed by atoms with Crippen molar-refractivity contribution in [2.75, 3.05) is 6.54 Å². The molecule has 1 N–H and O–H groups in total. The molecule has 1 atom stereocenters. The van der Waals surface area contributed by atoms with Crippen LogP contribution in [-0.4, -0.2) is 47.1 Å². The van der Waals surface area contributed by atoms with E-state index in [0.717, 1.165) is 5.69 Å². The number of pyridine rings is 1. The largest absolute Gasteiger partial charge is 0.416 e. The zero-order valence-electron chi connectivity index (χ0n) is 16.8. The first-order valence-corrected chi connectivity index (χ1v) is 9.64. The molecule has 0 aliphatic carbocycles. The highest BCUT2D eigenvalue weighted by Crippen LogP contribution is 2.34. The second-order valence-corrected chi connectivity index (χ2v) is 8.33. The van der Waals surface area contributed by atoms with Crippen molar-refractivity contribution >= 4 is 11.4 Å². The molecule has 5 heterocycles. The molecule has 0 bridgehead atoms. The summed E-state index contributed by atoms with van der Waals surface area (Å²) < 4.78 is 21.4. The molecule has 4 aromatic heterocycles. The van der Waals surface area contributed by atoms with Gasteiger partial charge in [-0.15, -0.1) is 10.2 Å². The third-order valence-corrected chi connectivity index (χ3v) is 5.18. The quantitative estimate of drug-likeness (QED) is 0.546. The molecule has 0 spiro atoms. The Morgan fingerprint density at radius 3 is 2.90 bits per heavy atom. The average Bonchev–Trinajstić information content (AvgIpc) is 3.44. The molecule has 9 nitrogen and oxygen atoms in total. The number of carbonyl (C=O) groups is 1. The highest BCUT2D eigenvalue weighted by molar-refractivity contribution is 5.90. The van der Waals surface area contributed by atoms with E-state index in [2.05, 4.69) is 25.3 Å². The lowest BCUT2D eigenvalue weighted by molar-refractivity contribution is 0.0642. The number of nitrogens with one attached hydrogen (secondary N) is 1. The van der Waals surface area contributed by atoms with Gasteiger partial charge in [0.05, 0.1) is 17.7 Å². The fourth-order valence-corrected chi connectivity index (χ4v) is 3.66. The number of hydrogen-bond acceptors (Lipinski definition) is 6. The van der Waals surface area contributed by atoms with E-state index in [1.54, 1.807) is 29.6 Å². The van der Waals surface area contributed by atoms with Gasteiger partial charge in [-0.3, -0.25) is 4.79 Å². The van der Waals surface area contributed by atoms with Crippen LogP contribution in [0.15, 0.2) is 35.1 Å². The van der Waals surface area contributed by atoms with Crippen LogP contribution in [0.4, 0.5) is 4.39 Å². The van der Waals surface area contributed by atoms with E-state index >= 15 is 0 Å². The van der Waals surface area contributed by atoms with Gasteiger partial charge in [0.2, 0.25) is 5.89 Å². The lowest BCUT2D eigenvalue weighted by Gasteiger charge is -2.32. The van der Waals surface area contributed by atoms with Gasteiger partial charge >= 0.3 is 11.8 Å². The van der Waals surface area contributed by atoms with E-state index < -0.39 is 11.9 Å². The van der Waals surface area contributed by atoms with Gasteiger partial charge in [0, 0.05) is 30.3 Å². The van der Waals surface area contributed by atoms with Gasteiger partial charge in [-0.2, -0.15) is 5.10 Å². The fraction of sp³-hybridized carbons (Fsp3) is 0.350. The molecule has 154 valence electrons. The van der Waals surface area contributed by atoms with Crippen LogP contribution in [0.2, 0.25) is 0 Å². The minimum atomic E-state index is -0.600. The van der Waals surface area contributed by atoms with Crippen molar-refractivity contribution in [2.24, 2.45) is 0 Å². The van der Waals surface area contributed by atoms with Crippen LogP contribution >= 0.6 is 0 Å². The smallest absolute Gasteiger partial charge is 0.312 e. The molecule has 5 rings (SSSR count). The summed E-state index contributed by atoms with van der Waals surface area (Å²) >= 11 is 0. The van der Waals surface area contributed by atoms with Crippen molar-refractivity contribution < 1.29 is 13.6 Å². The first-order valence-electron chi connectivity index (χ1n) is 9.64. The van der Waals surface area contributed by atoms with E-state index in [1.165, 1.54) is 10.6 Å². The number of carbonyl (C=O) groups excluding carboxylic acids is 1. The fourth-order valence-electron chi connectivity index (χ4n) is 3.66. The van der Waals surface area contributed by atoms with Gasteiger partial charge in [0.15, 0.2) is 0 Å². The van der Waals surface area contributed by atoms with E-state index in [4.69, 9.17) is 4.42 Å². The van der Waals surface area contributed by atoms with Crippen LogP contribution in [0, 0.1) is 5.82 Å². The molecule has 10 heteroatoms. The second-order valence-electron chi connectivity index (χ2n) is 8.33. The predicted molar refractivity (Wildman–Crippen MR) is 103 cm³/mol. The molecule has 0 unspecified atom stereocenters. The highest BCUT2D eigenvalue weighted by atomic mass is 19.1. The van der Waals surface area contributed by atoms with Crippen LogP contribution in [-0.2, 0) is 11.8 Å². The minimum Gasteiger partial charge on any atom is -0.416 e. The predicted octanol–water partition coefficient (Wildman–Crippen LogP) is 2.66. The van der Waals surface area contributed by atoms with Gasteiger partial charge in [0.1, 0.15) is 17.4 Å². The van der Waals surface area contributed by atoms with Gasteiger partial charge < -0.3 is 14.3 Å². The van der Waals surface area contributed by atoms with Gasteiger partial charge in [0.25, 0.3) is 0 Å². The molecule has 4 aromatic rings. The van der Waals surface area contributed by atoms with Crippen molar-refractivity contribution in [3.8, 4) is 0 Å². The number of H-pyrrole nitrogens is 1. The van der Waals surface area contributed by atoms with Crippen molar-refractivity contribution in [2.45, 2.75) is 38.6 Å². The second kappa shape index (κ2) is 6.48. The first kappa shape index (κ1) is 18.5. The number of aromatic amines is 1. The zero-order chi connectivity index (χ0) is 21.0. The molecule has 0 saturated carbocycles. The molecular formula is C20H20FN7O2. The van der Waals surface area contributed by atoms with Crippen LogP contribution in [0.3, 0.4) is 0 Å². The standard InChI is InChI=1S/C20H20FN7O2/c1-20(2,3)19-25-24-17(30-19)18(29)27-8-6-12-15(23-10-22-12)16(27)13-9-14-11(21)5-4-7-28(14)26-13/h4-5,7,9-10,16H,6,8H2,1-3H3,(H,22,23)/t16-/m1/s1. The Bertz CT molecular complexity index is 1250. The topological polar surface area (TPSA) is 105 Å².